The van der Waals surface area contributed by atoms with Gasteiger partial charge in [-0.05, 0) is 24.3 Å². The molecule has 0 amide bonds. The second kappa shape index (κ2) is 3.94. The third kappa shape index (κ3) is 1.77. The van der Waals surface area contributed by atoms with Gasteiger partial charge in [0.1, 0.15) is 16.5 Å². The number of halogens is 2. The molecule has 1 N–H and O–H groups in total. The predicted octanol–water partition coefficient (Wildman–Crippen LogP) is 2.83. The molecule has 0 saturated carbocycles. The maximum atomic E-state index is 12.7. The van der Waals surface area contributed by atoms with Gasteiger partial charge in [-0.15, -0.1) is 0 Å². The smallest absolute Gasteiger partial charge is 0.376 e. The summed E-state index contributed by atoms with van der Waals surface area (Å²) in [5.41, 5.74) is 0.668. The summed E-state index contributed by atoms with van der Waals surface area (Å²) in [6.07, 6.45) is 0. The van der Waals surface area contributed by atoms with Crippen LogP contribution in [0.3, 0.4) is 0 Å². The molecule has 16 heavy (non-hydrogen) atoms. The third-order valence-corrected chi connectivity index (χ3v) is 2.30. The Bertz CT molecular complexity index is 535. The molecule has 0 unspecified atom stereocenters. The average molecular weight is 242 g/mol. The molecule has 0 saturated heterocycles. The molecule has 0 atom stereocenters. The van der Waals surface area contributed by atoms with Gasteiger partial charge in [0, 0.05) is 5.56 Å². The number of hydrogen-bond donors (Lipinski definition) is 1. The van der Waals surface area contributed by atoms with E-state index in [0.717, 1.165) is 0 Å². The molecular formula is C10H5ClFNO3. The predicted molar refractivity (Wildman–Crippen MR) is 53.9 cm³/mol. The first-order chi connectivity index (χ1) is 7.59. The molecule has 2 aromatic rings. The van der Waals surface area contributed by atoms with Crippen LogP contribution in [0.2, 0.25) is 5.02 Å². The van der Waals surface area contributed by atoms with Crippen LogP contribution in [0.1, 0.15) is 10.6 Å². The number of nitrogens with zero attached hydrogens (tertiary/aromatic N) is 1. The molecule has 0 radical (unpaired) electrons. The van der Waals surface area contributed by atoms with Crippen LogP contribution in [-0.4, -0.2) is 16.2 Å². The Hall–Kier alpha value is -1.88. The first kappa shape index (κ1) is 10.6. The number of rotatable bonds is 2. The van der Waals surface area contributed by atoms with E-state index in [1.165, 1.54) is 24.3 Å². The second-order valence-electron chi connectivity index (χ2n) is 2.99. The minimum atomic E-state index is -1.30. The molecule has 0 bridgehead atoms. The Morgan fingerprint density at radius 3 is 2.50 bits per heavy atom. The van der Waals surface area contributed by atoms with Crippen LogP contribution >= 0.6 is 11.6 Å². The van der Waals surface area contributed by atoms with Crippen molar-refractivity contribution in [3.05, 3.63) is 40.9 Å². The number of carboxylic acids is 1. The normalized spacial score (nSPS) is 10.4. The van der Waals surface area contributed by atoms with Gasteiger partial charge in [0.05, 0.1) is 0 Å². The van der Waals surface area contributed by atoms with Gasteiger partial charge in [0.15, 0.2) is 0 Å². The van der Waals surface area contributed by atoms with E-state index in [4.69, 9.17) is 16.7 Å². The van der Waals surface area contributed by atoms with E-state index < -0.39 is 17.5 Å². The van der Waals surface area contributed by atoms with E-state index in [-0.39, 0.29) is 10.7 Å². The summed E-state index contributed by atoms with van der Waals surface area (Å²) in [6.45, 7) is 0. The molecule has 4 nitrogen and oxygen atoms in total. The Morgan fingerprint density at radius 2 is 2.00 bits per heavy atom. The van der Waals surface area contributed by atoms with Crippen LogP contribution in [0.15, 0.2) is 28.8 Å². The highest BCUT2D eigenvalue weighted by molar-refractivity contribution is 6.35. The molecule has 0 fully saturated rings. The van der Waals surface area contributed by atoms with Gasteiger partial charge in [-0.1, -0.05) is 16.8 Å². The zero-order valence-corrected chi connectivity index (χ0v) is 8.53. The van der Waals surface area contributed by atoms with Crippen molar-refractivity contribution in [2.24, 2.45) is 0 Å². The number of benzene rings is 1. The van der Waals surface area contributed by atoms with Crippen molar-refractivity contribution in [1.82, 2.24) is 5.16 Å². The zero-order valence-electron chi connectivity index (χ0n) is 7.78. The van der Waals surface area contributed by atoms with Crippen LogP contribution in [0.5, 0.6) is 0 Å². The monoisotopic (exact) mass is 241 g/mol. The largest absolute Gasteiger partial charge is 0.475 e. The Labute approximate surface area is 94.2 Å². The SMILES string of the molecule is O=C(O)c1onc(-c2ccc(F)cc2)c1Cl. The summed E-state index contributed by atoms with van der Waals surface area (Å²) in [4.78, 5) is 10.6. The van der Waals surface area contributed by atoms with E-state index in [9.17, 15) is 9.18 Å². The maximum Gasteiger partial charge on any atom is 0.376 e. The van der Waals surface area contributed by atoms with Gasteiger partial charge in [0.2, 0.25) is 0 Å². The van der Waals surface area contributed by atoms with Crippen molar-refractivity contribution in [1.29, 1.82) is 0 Å². The van der Waals surface area contributed by atoms with Crippen molar-refractivity contribution in [2.75, 3.05) is 0 Å². The Balaban J connectivity index is 2.49. The molecule has 0 aliphatic rings. The van der Waals surface area contributed by atoms with Crippen LogP contribution in [-0.2, 0) is 0 Å². The van der Waals surface area contributed by atoms with Crippen molar-refractivity contribution >= 4 is 17.6 Å². The van der Waals surface area contributed by atoms with Crippen LogP contribution in [0.25, 0.3) is 11.3 Å². The summed E-state index contributed by atoms with van der Waals surface area (Å²) in [6, 6.07) is 5.32. The van der Waals surface area contributed by atoms with Gasteiger partial charge < -0.3 is 9.63 Å². The topological polar surface area (TPSA) is 63.3 Å². The summed E-state index contributed by atoms with van der Waals surface area (Å²) < 4.78 is 17.2. The minimum absolute atomic E-state index is 0.0980. The standard InChI is InChI=1S/C10H5ClFNO3/c11-7-8(13-16-9(7)10(14)15)5-1-3-6(12)4-2-5/h1-4H,(H,14,15). The number of carbonyl (C=O) groups is 1. The van der Waals surface area contributed by atoms with Crippen LogP contribution < -0.4 is 0 Å². The molecule has 0 aliphatic carbocycles. The molecule has 1 aromatic carbocycles. The van der Waals surface area contributed by atoms with E-state index in [1.54, 1.807) is 0 Å². The summed E-state index contributed by atoms with van der Waals surface area (Å²) in [5, 5.41) is 12.1. The van der Waals surface area contributed by atoms with Crippen molar-refractivity contribution < 1.29 is 18.8 Å². The molecule has 6 heteroatoms. The highest BCUT2D eigenvalue weighted by Crippen LogP contribution is 2.29. The highest BCUT2D eigenvalue weighted by Gasteiger charge is 2.20. The molecule has 2 rings (SSSR count). The summed E-state index contributed by atoms with van der Waals surface area (Å²) >= 11 is 5.76. The van der Waals surface area contributed by atoms with Crippen LogP contribution in [0.4, 0.5) is 4.39 Å². The number of hydrogen-bond acceptors (Lipinski definition) is 3. The quantitative estimate of drug-likeness (QED) is 0.878. The lowest BCUT2D eigenvalue weighted by molar-refractivity contribution is 0.0652. The fourth-order valence-electron chi connectivity index (χ4n) is 1.20. The number of aromatic nitrogens is 1. The average Bonchev–Trinajstić information content (AvgIpc) is 2.61. The van der Waals surface area contributed by atoms with E-state index in [2.05, 4.69) is 9.68 Å². The lowest BCUT2D eigenvalue weighted by atomic mass is 10.1. The number of aromatic carboxylic acids is 1. The molecule has 0 spiro atoms. The van der Waals surface area contributed by atoms with Crippen LogP contribution in [0, 0.1) is 5.82 Å². The van der Waals surface area contributed by atoms with E-state index in [1.807, 2.05) is 0 Å². The van der Waals surface area contributed by atoms with Crippen molar-refractivity contribution in [2.45, 2.75) is 0 Å². The molecule has 0 aliphatic heterocycles. The van der Waals surface area contributed by atoms with Crippen molar-refractivity contribution in [3.63, 3.8) is 0 Å². The second-order valence-corrected chi connectivity index (χ2v) is 3.36. The Kier molecular flexibility index (Phi) is 2.62. The lowest BCUT2D eigenvalue weighted by Gasteiger charge is -1.95. The number of carboxylic acid groups (broad SMARTS) is 1. The molecular weight excluding hydrogens is 237 g/mol. The Morgan fingerprint density at radius 1 is 1.38 bits per heavy atom. The fourth-order valence-corrected chi connectivity index (χ4v) is 1.46. The third-order valence-electron chi connectivity index (χ3n) is 1.95. The fraction of sp³-hybridized carbons (Fsp3) is 0. The van der Waals surface area contributed by atoms with Gasteiger partial charge in [-0.3, -0.25) is 0 Å². The highest BCUT2D eigenvalue weighted by atomic mass is 35.5. The summed E-state index contributed by atoms with van der Waals surface area (Å²) in [7, 11) is 0. The van der Waals surface area contributed by atoms with Gasteiger partial charge in [0.25, 0.3) is 5.76 Å². The molecule has 82 valence electrons. The zero-order chi connectivity index (χ0) is 11.7. The first-order valence-electron chi connectivity index (χ1n) is 4.24. The van der Waals surface area contributed by atoms with Gasteiger partial charge in [-0.25, -0.2) is 9.18 Å². The maximum absolute atomic E-state index is 12.7. The molecule has 1 aromatic heterocycles. The summed E-state index contributed by atoms with van der Waals surface area (Å²) in [5.74, 6) is -2.13. The lowest BCUT2D eigenvalue weighted by Crippen LogP contribution is -1.93. The van der Waals surface area contributed by atoms with E-state index in [0.29, 0.717) is 5.56 Å². The minimum Gasteiger partial charge on any atom is -0.475 e. The molecule has 1 heterocycles. The van der Waals surface area contributed by atoms with Crippen molar-refractivity contribution in [3.8, 4) is 11.3 Å². The van der Waals surface area contributed by atoms with Gasteiger partial charge >= 0.3 is 5.97 Å². The van der Waals surface area contributed by atoms with E-state index >= 15 is 0 Å². The first-order valence-corrected chi connectivity index (χ1v) is 4.62. The van der Waals surface area contributed by atoms with Gasteiger partial charge in [-0.2, -0.15) is 0 Å².